The second kappa shape index (κ2) is 3.63. The summed E-state index contributed by atoms with van der Waals surface area (Å²) >= 11 is 5.56. The highest BCUT2D eigenvalue weighted by Gasteiger charge is 2.03. The molecule has 6 heteroatoms. The Kier molecular flexibility index (Phi) is 2.32. The molecule has 4 nitrogen and oxygen atoms in total. The smallest absolute Gasteiger partial charge is 0.258 e. The summed E-state index contributed by atoms with van der Waals surface area (Å²) in [5.74, 6) is 0.220. The van der Waals surface area contributed by atoms with Gasteiger partial charge in [0, 0.05) is 6.07 Å². The van der Waals surface area contributed by atoms with Crippen LogP contribution in [0.25, 0.3) is 0 Å². The number of nitrogens with one attached hydrogen (secondary N) is 1. The molecule has 2 aromatic rings. The molecular weight excluding hydrogens is 209 g/mol. The van der Waals surface area contributed by atoms with E-state index in [2.05, 4.69) is 15.4 Å². The van der Waals surface area contributed by atoms with Gasteiger partial charge in [-0.3, -0.25) is 0 Å². The fraction of sp³-hybridized carbons (Fsp3) is 0. The Bertz CT molecular complexity index is 432. The molecular formula is C8H5ClFN3O. The first-order valence-electron chi connectivity index (χ1n) is 3.74. The quantitative estimate of drug-likeness (QED) is 0.833. The van der Waals surface area contributed by atoms with Gasteiger partial charge in [-0.2, -0.15) is 10.3 Å². The number of hydrogen-bond donors (Lipinski definition) is 1. The van der Waals surface area contributed by atoms with E-state index in [4.69, 9.17) is 16.3 Å². The zero-order valence-corrected chi connectivity index (χ0v) is 7.62. The molecule has 0 atom stereocenters. The van der Waals surface area contributed by atoms with Crippen LogP contribution in [0.1, 0.15) is 0 Å². The summed E-state index contributed by atoms with van der Waals surface area (Å²) in [6.45, 7) is 0. The summed E-state index contributed by atoms with van der Waals surface area (Å²) in [6.07, 6.45) is 1.40. The molecule has 0 saturated heterocycles. The fourth-order valence-corrected chi connectivity index (χ4v) is 1.07. The highest BCUT2D eigenvalue weighted by Crippen LogP contribution is 2.24. The molecule has 0 spiro atoms. The van der Waals surface area contributed by atoms with Crippen LogP contribution in [0, 0.1) is 5.82 Å². The van der Waals surface area contributed by atoms with E-state index in [1.54, 1.807) is 0 Å². The standard InChI is InChI=1S/C8H5ClFN3O/c9-6-3-5(1-2-7(6)10)14-8-4-11-13-12-8/h1-4H,(H,11,12,13). The Morgan fingerprint density at radius 3 is 2.93 bits per heavy atom. The molecule has 0 aliphatic heterocycles. The third-order valence-corrected chi connectivity index (χ3v) is 1.80. The van der Waals surface area contributed by atoms with E-state index in [-0.39, 0.29) is 5.02 Å². The number of benzene rings is 1. The van der Waals surface area contributed by atoms with E-state index in [0.29, 0.717) is 11.6 Å². The van der Waals surface area contributed by atoms with Crippen molar-refractivity contribution >= 4 is 11.6 Å². The van der Waals surface area contributed by atoms with Crippen LogP contribution in [0.4, 0.5) is 4.39 Å². The largest absolute Gasteiger partial charge is 0.436 e. The summed E-state index contributed by atoms with van der Waals surface area (Å²) in [6, 6.07) is 4.04. The third kappa shape index (κ3) is 1.82. The van der Waals surface area contributed by atoms with Crippen LogP contribution >= 0.6 is 11.6 Å². The highest BCUT2D eigenvalue weighted by atomic mass is 35.5. The van der Waals surface area contributed by atoms with E-state index < -0.39 is 5.82 Å². The second-order valence-electron chi connectivity index (χ2n) is 2.49. The third-order valence-electron chi connectivity index (χ3n) is 1.51. The van der Waals surface area contributed by atoms with Gasteiger partial charge in [0.2, 0.25) is 0 Å². The van der Waals surface area contributed by atoms with Gasteiger partial charge in [0.1, 0.15) is 17.8 Å². The first-order chi connectivity index (χ1) is 6.75. The highest BCUT2D eigenvalue weighted by molar-refractivity contribution is 6.30. The van der Waals surface area contributed by atoms with E-state index >= 15 is 0 Å². The van der Waals surface area contributed by atoms with E-state index in [1.807, 2.05) is 0 Å². The van der Waals surface area contributed by atoms with Gasteiger partial charge in [-0.1, -0.05) is 11.6 Å². The van der Waals surface area contributed by atoms with Gasteiger partial charge in [-0.25, -0.2) is 4.39 Å². The van der Waals surface area contributed by atoms with Gasteiger partial charge in [-0.15, -0.1) is 5.10 Å². The zero-order chi connectivity index (χ0) is 9.97. The van der Waals surface area contributed by atoms with Crippen LogP contribution in [-0.2, 0) is 0 Å². The average molecular weight is 214 g/mol. The fourth-order valence-electron chi connectivity index (χ4n) is 0.901. The SMILES string of the molecule is Fc1ccc(Oc2cn[nH]n2)cc1Cl. The summed E-state index contributed by atoms with van der Waals surface area (Å²) in [5, 5.41) is 9.61. The van der Waals surface area contributed by atoms with Gasteiger partial charge >= 0.3 is 0 Å². The first-order valence-corrected chi connectivity index (χ1v) is 4.12. The van der Waals surface area contributed by atoms with Crippen molar-refractivity contribution in [2.45, 2.75) is 0 Å². The van der Waals surface area contributed by atoms with Gasteiger partial charge < -0.3 is 4.74 Å². The number of nitrogens with zero attached hydrogens (tertiary/aromatic N) is 2. The summed E-state index contributed by atoms with van der Waals surface area (Å²) in [4.78, 5) is 0. The maximum absolute atomic E-state index is 12.8. The monoisotopic (exact) mass is 213 g/mol. The number of ether oxygens (including phenoxy) is 1. The second-order valence-corrected chi connectivity index (χ2v) is 2.89. The lowest BCUT2D eigenvalue weighted by molar-refractivity contribution is 0.460. The Morgan fingerprint density at radius 2 is 2.29 bits per heavy atom. The molecule has 0 fully saturated rings. The van der Waals surface area contributed by atoms with Gasteiger partial charge in [-0.05, 0) is 12.1 Å². The maximum atomic E-state index is 12.8. The van der Waals surface area contributed by atoms with Crippen molar-refractivity contribution in [2.75, 3.05) is 0 Å². The lowest BCUT2D eigenvalue weighted by Gasteiger charge is -2.01. The number of rotatable bonds is 2. The van der Waals surface area contributed by atoms with Crippen molar-refractivity contribution in [3.8, 4) is 11.6 Å². The molecule has 1 aromatic carbocycles. The van der Waals surface area contributed by atoms with Gasteiger partial charge in [0.05, 0.1) is 5.02 Å². The van der Waals surface area contributed by atoms with Crippen LogP contribution < -0.4 is 4.74 Å². The van der Waals surface area contributed by atoms with Crippen molar-refractivity contribution in [2.24, 2.45) is 0 Å². The minimum absolute atomic E-state index is 0.00555. The van der Waals surface area contributed by atoms with Crippen LogP contribution in [0.3, 0.4) is 0 Å². The molecule has 72 valence electrons. The van der Waals surface area contributed by atoms with E-state index in [1.165, 1.54) is 24.4 Å². The maximum Gasteiger partial charge on any atom is 0.258 e. The predicted octanol–water partition coefficient (Wildman–Crippen LogP) is 2.39. The Balaban J connectivity index is 2.22. The number of aromatic amines is 1. The number of halogens is 2. The Hall–Kier alpha value is -1.62. The van der Waals surface area contributed by atoms with Gasteiger partial charge in [0.15, 0.2) is 0 Å². The van der Waals surface area contributed by atoms with Crippen LogP contribution in [0.15, 0.2) is 24.4 Å². The molecule has 0 radical (unpaired) electrons. The normalized spacial score (nSPS) is 10.1. The Labute approximate surface area is 83.7 Å². The Morgan fingerprint density at radius 1 is 1.43 bits per heavy atom. The molecule has 1 aromatic heterocycles. The van der Waals surface area contributed by atoms with Crippen molar-refractivity contribution in [1.29, 1.82) is 0 Å². The van der Waals surface area contributed by atoms with E-state index in [0.717, 1.165) is 0 Å². The predicted molar refractivity (Wildman–Crippen MR) is 47.9 cm³/mol. The minimum atomic E-state index is -0.487. The molecule has 0 aliphatic carbocycles. The molecule has 0 amide bonds. The summed E-state index contributed by atoms with van der Waals surface area (Å²) in [5.41, 5.74) is 0. The first kappa shape index (κ1) is 8.96. The molecule has 0 aliphatic rings. The molecule has 2 rings (SSSR count). The van der Waals surface area contributed by atoms with Gasteiger partial charge in [0.25, 0.3) is 5.88 Å². The molecule has 0 saturated carbocycles. The molecule has 1 N–H and O–H groups in total. The van der Waals surface area contributed by atoms with Crippen LogP contribution in [0.2, 0.25) is 5.02 Å². The van der Waals surface area contributed by atoms with Crippen LogP contribution in [0.5, 0.6) is 11.6 Å². The summed E-state index contributed by atoms with van der Waals surface area (Å²) < 4.78 is 18.0. The minimum Gasteiger partial charge on any atom is -0.436 e. The lowest BCUT2D eigenvalue weighted by Crippen LogP contribution is -1.85. The molecule has 1 heterocycles. The van der Waals surface area contributed by atoms with Crippen LogP contribution in [-0.4, -0.2) is 15.4 Å². The van der Waals surface area contributed by atoms with Crippen molar-refractivity contribution in [3.05, 3.63) is 35.2 Å². The number of aromatic nitrogens is 3. The van der Waals surface area contributed by atoms with Crippen molar-refractivity contribution in [1.82, 2.24) is 15.4 Å². The molecule has 14 heavy (non-hydrogen) atoms. The van der Waals surface area contributed by atoms with E-state index in [9.17, 15) is 4.39 Å². The summed E-state index contributed by atoms with van der Waals surface area (Å²) in [7, 11) is 0. The van der Waals surface area contributed by atoms with Crippen molar-refractivity contribution in [3.63, 3.8) is 0 Å². The lowest BCUT2D eigenvalue weighted by atomic mass is 10.3. The topological polar surface area (TPSA) is 50.8 Å². The zero-order valence-electron chi connectivity index (χ0n) is 6.87. The number of hydrogen-bond acceptors (Lipinski definition) is 3. The number of H-pyrrole nitrogens is 1. The average Bonchev–Trinajstić information content (AvgIpc) is 2.64. The molecule has 0 bridgehead atoms. The van der Waals surface area contributed by atoms with Crippen molar-refractivity contribution < 1.29 is 9.13 Å². The molecule has 0 unspecified atom stereocenters.